The number of nitrogens with zero attached hydrogens (tertiary/aromatic N) is 1. The van der Waals surface area contributed by atoms with Gasteiger partial charge in [-0.05, 0) is 60.7 Å². The Balaban J connectivity index is 1.46. The highest BCUT2D eigenvalue weighted by Gasteiger charge is 2.06. The number of rotatable bonds is 5. The molecule has 3 nitrogen and oxygen atoms in total. The van der Waals surface area contributed by atoms with E-state index in [0.29, 0.717) is 0 Å². The summed E-state index contributed by atoms with van der Waals surface area (Å²) in [6.45, 7) is 0. The number of halogens is 1. The van der Waals surface area contributed by atoms with Crippen LogP contribution in [0.1, 0.15) is 0 Å². The number of thiazole rings is 1. The number of aromatic nitrogens is 1. The van der Waals surface area contributed by atoms with Crippen molar-refractivity contribution in [1.29, 1.82) is 0 Å². The molecule has 3 aromatic carbocycles. The first-order valence-electron chi connectivity index (χ1n) is 8.08. The van der Waals surface area contributed by atoms with E-state index in [1.165, 1.54) is 23.5 Å². The summed E-state index contributed by atoms with van der Waals surface area (Å²) in [7, 11) is 0. The number of nitrogens with one attached hydrogen (secondary N) is 1. The third kappa shape index (κ3) is 3.90. The summed E-state index contributed by atoms with van der Waals surface area (Å²) in [4.78, 5) is 4.58. The predicted octanol–water partition coefficient (Wildman–Crippen LogP) is 6.49. The number of benzene rings is 3. The quantitative estimate of drug-likeness (QED) is 0.441. The van der Waals surface area contributed by atoms with Crippen molar-refractivity contribution in [3.8, 4) is 22.8 Å². The second kappa shape index (κ2) is 7.37. The zero-order valence-corrected chi connectivity index (χ0v) is 14.5. The zero-order valence-electron chi connectivity index (χ0n) is 13.7. The second-order valence-electron chi connectivity index (χ2n) is 5.61. The highest BCUT2D eigenvalue weighted by Crippen LogP contribution is 2.29. The lowest BCUT2D eigenvalue weighted by atomic mass is 10.2. The van der Waals surface area contributed by atoms with Gasteiger partial charge in [-0.1, -0.05) is 18.2 Å². The summed E-state index contributed by atoms with van der Waals surface area (Å²) in [6, 6.07) is 23.7. The molecule has 0 saturated carbocycles. The molecule has 4 aromatic rings. The van der Waals surface area contributed by atoms with Crippen molar-refractivity contribution < 1.29 is 9.13 Å². The van der Waals surface area contributed by atoms with Crippen LogP contribution >= 0.6 is 11.3 Å². The Bertz CT molecular complexity index is 983. The first-order valence-corrected chi connectivity index (χ1v) is 8.96. The Morgan fingerprint density at radius 2 is 1.50 bits per heavy atom. The molecule has 0 aliphatic carbocycles. The van der Waals surface area contributed by atoms with E-state index in [-0.39, 0.29) is 5.82 Å². The summed E-state index contributed by atoms with van der Waals surface area (Å²) in [6.07, 6.45) is 0. The average Bonchev–Trinajstić information content (AvgIpc) is 3.14. The van der Waals surface area contributed by atoms with Crippen molar-refractivity contribution in [2.45, 2.75) is 0 Å². The minimum absolute atomic E-state index is 0.256. The Hall–Kier alpha value is -3.18. The van der Waals surface area contributed by atoms with E-state index < -0.39 is 0 Å². The predicted molar refractivity (Wildman–Crippen MR) is 104 cm³/mol. The van der Waals surface area contributed by atoms with E-state index in [0.717, 1.165) is 33.6 Å². The molecule has 0 fully saturated rings. The van der Waals surface area contributed by atoms with E-state index in [1.54, 1.807) is 12.1 Å². The van der Waals surface area contributed by atoms with Crippen LogP contribution in [0.4, 0.5) is 15.2 Å². The minimum Gasteiger partial charge on any atom is -0.457 e. The highest BCUT2D eigenvalue weighted by molar-refractivity contribution is 7.14. The van der Waals surface area contributed by atoms with Crippen LogP contribution < -0.4 is 10.1 Å². The third-order valence-corrected chi connectivity index (χ3v) is 4.49. The molecular formula is C21H15FN2OS. The van der Waals surface area contributed by atoms with Crippen LogP contribution in [0, 0.1) is 5.82 Å². The first-order chi connectivity index (χ1) is 12.8. The fourth-order valence-corrected chi connectivity index (χ4v) is 3.18. The molecule has 0 spiro atoms. The summed E-state index contributed by atoms with van der Waals surface area (Å²) in [5, 5.41) is 5.93. The van der Waals surface area contributed by atoms with Gasteiger partial charge >= 0.3 is 0 Å². The molecule has 0 aliphatic heterocycles. The minimum atomic E-state index is -0.256. The molecule has 1 aromatic heterocycles. The molecule has 5 heteroatoms. The molecule has 1 N–H and O–H groups in total. The van der Waals surface area contributed by atoms with Crippen LogP contribution in [-0.4, -0.2) is 4.98 Å². The summed E-state index contributed by atoms with van der Waals surface area (Å²) < 4.78 is 18.8. The molecule has 4 rings (SSSR count). The van der Waals surface area contributed by atoms with Gasteiger partial charge in [-0.25, -0.2) is 9.37 Å². The van der Waals surface area contributed by atoms with Crippen LogP contribution in [0.15, 0.2) is 84.2 Å². The summed E-state index contributed by atoms with van der Waals surface area (Å²) in [5.74, 6) is 1.33. The van der Waals surface area contributed by atoms with Crippen LogP contribution in [0.5, 0.6) is 11.5 Å². The Kier molecular flexibility index (Phi) is 4.62. The molecule has 0 aliphatic rings. The second-order valence-corrected chi connectivity index (χ2v) is 6.47. The van der Waals surface area contributed by atoms with Gasteiger partial charge in [0.15, 0.2) is 5.13 Å². The van der Waals surface area contributed by atoms with Gasteiger partial charge in [0.05, 0.1) is 5.69 Å². The SMILES string of the molecule is Fc1ccc(Nc2nc(-c3ccc(Oc4ccccc4)cc3)cs2)cc1. The first kappa shape index (κ1) is 16.3. The maximum Gasteiger partial charge on any atom is 0.187 e. The van der Waals surface area contributed by atoms with E-state index in [4.69, 9.17) is 4.74 Å². The number of para-hydroxylation sites is 1. The number of anilines is 2. The van der Waals surface area contributed by atoms with Gasteiger partial charge in [0, 0.05) is 16.6 Å². The number of hydrogen-bond acceptors (Lipinski definition) is 4. The topological polar surface area (TPSA) is 34.2 Å². The van der Waals surface area contributed by atoms with Gasteiger partial charge < -0.3 is 10.1 Å². The van der Waals surface area contributed by atoms with Crippen molar-refractivity contribution in [2.24, 2.45) is 0 Å². The van der Waals surface area contributed by atoms with E-state index >= 15 is 0 Å². The van der Waals surface area contributed by atoms with Gasteiger partial charge in [-0.3, -0.25) is 0 Å². The lowest BCUT2D eigenvalue weighted by Gasteiger charge is -2.06. The van der Waals surface area contributed by atoms with Crippen LogP contribution in [0.25, 0.3) is 11.3 Å². The molecular weight excluding hydrogens is 347 g/mol. The lowest BCUT2D eigenvalue weighted by Crippen LogP contribution is -1.89. The van der Waals surface area contributed by atoms with Crippen LogP contribution in [0.3, 0.4) is 0 Å². The van der Waals surface area contributed by atoms with E-state index in [2.05, 4.69) is 10.3 Å². The maximum absolute atomic E-state index is 13.0. The van der Waals surface area contributed by atoms with Gasteiger partial charge in [-0.15, -0.1) is 11.3 Å². The molecule has 0 bridgehead atoms. The molecule has 26 heavy (non-hydrogen) atoms. The van der Waals surface area contributed by atoms with Gasteiger partial charge in [0.1, 0.15) is 17.3 Å². The van der Waals surface area contributed by atoms with E-state index in [9.17, 15) is 4.39 Å². The van der Waals surface area contributed by atoms with Gasteiger partial charge in [0.2, 0.25) is 0 Å². The van der Waals surface area contributed by atoms with Gasteiger partial charge in [0.25, 0.3) is 0 Å². The Morgan fingerprint density at radius 3 is 2.23 bits per heavy atom. The molecule has 0 amide bonds. The molecule has 0 radical (unpaired) electrons. The summed E-state index contributed by atoms with van der Waals surface area (Å²) in [5.41, 5.74) is 2.69. The summed E-state index contributed by atoms with van der Waals surface area (Å²) >= 11 is 1.50. The third-order valence-electron chi connectivity index (χ3n) is 3.73. The highest BCUT2D eigenvalue weighted by atomic mass is 32.1. The lowest BCUT2D eigenvalue weighted by molar-refractivity contribution is 0.483. The van der Waals surface area contributed by atoms with Crippen LogP contribution in [-0.2, 0) is 0 Å². The van der Waals surface area contributed by atoms with Crippen molar-refractivity contribution in [2.75, 3.05) is 5.32 Å². The number of hydrogen-bond donors (Lipinski definition) is 1. The monoisotopic (exact) mass is 362 g/mol. The smallest absolute Gasteiger partial charge is 0.187 e. The van der Waals surface area contributed by atoms with Crippen molar-refractivity contribution >= 4 is 22.2 Å². The molecule has 0 atom stereocenters. The normalized spacial score (nSPS) is 10.5. The fourth-order valence-electron chi connectivity index (χ4n) is 2.44. The Labute approximate surface area is 154 Å². The number of ether oxygens (including phenoxy) is 1. The van der Waals surface area contributed by atoms with Crippen molar-refractivity contribution in [3.63, 3.8) is 0 Å². The standard InChI is InChI=1S/C21H15FN2OS/c22-16-8-10-17(11-9-16)23-21-24-20(14-26-21)15-6-12-19(13-7-15)25-18-4-2-1-3-5-18/h1-14H,(H,23,24). The van der Waals surface area contributed by atoms with Crippen molar-refractivity contribution in [1.82, 2.24) is 4.98 Å². The molecule has 0 unspecified atom stereocenters. The van der Waals surface area contributed by atoms with Crippen molar-refractivity contribution in [3.05, 3.63) is 90.1 Å². The molecule has 128 valence electrons. The largest absolute Gasteiger partial charge is 0.457 e. The fraction of sp³-hybridized carbons (Fsp3) is 0. The van der Waals surface area contributed by atoms with Crippen LogP contribution in [0.2, 0.25) is 0 Å². The maximum atomic E-state index is 13.0. The molecule has 1 heterocycles. The van der Waals surface area contributed by atoms with E-state index in [1.807, 2.05) is 60.0 Å². The van der Waals surface area contributed by atoms with Gasteiger partial charge in [-0.2, -0.15) is 0 Å². The Morgan fingerprint density at radius 1 is 0.808 bits per heavy atom. The average molecular weight is 362 g/mol. The molecule has 0 saturated heterocycles. The zero-order chi connectivity index (χ0) is 17.8.